The maximum absolute atomic E-state index is 2.47. The first kappa shape index (κ1) is 8.41. The van der Waals surface area contributed by atoms with Crippen LogP contribution in [0.15, 0.2) is 0 Å². The molecule has 0 spiro atoms. The average Bonchev–Trinajstić information content (AvgIpc) is 1.88. The second-order valence-corrected chi connectivity index (χ2v) is 6.18. The van der Waals surface area contributed by atoms with Crippen LogP contribution in [0.3, 0.4) is 0 Å². The fourth-order valence-electron chi connectivity index (χ4n) is 1.56. The summed E-state index contributed by atoms with van der Waals surface area (Å²) in [6.07, 6.45) is 7.70. The Labute approximate surface area is 67.1 Å². The predicted molar refractivity (Wildman–Crippen MR) is 51.4 cm³/mol. The second-order valence-electron chi connectivity index (χ2n) is 3.52. The average molecular weight is 161 g/mol. The largest absolute Gasteiger partial charge is 0.305 e. The van der Waals surface area contributed by atoms with Crippen LogP contribution in [0.4, 0.5) is 0 Å². The van der Waals surface area contributed by atoms with Crippen molar-refractivity contribution >= 4 is 10.9 Å². The van der Waals surface area contributed by atoms with Crippen LogP contribution in [0.25, 0.3) is 0 Å². The summed E-state index contributed by atoms with van der Waals surface area (Å²) in [5, 5.41) is 1.02. The Bertz CT molecular complexity index is 103. The fraction of sp³-hybridized carbons (Fsp3) is 1.00. The van der Waals surface area contributed by atoms with E-state index in [1.807, 2.05) is 0 Å². The second kappa shape index (κ2) is 3.63. The molecule has 10 heavy (non-hydrogen) atoms. The normalized spacial score (nSPS) is 30.3. The van der Waals surface area contributed by atoms with Crippen LogP contribution in [0.1, 0.15) is 12.8 Å². The van der Waals surface area contributed by atoms with Gasteiger partial charge in [-0.2, -0.15) is 0 Å². The van der Waals surface area contributed by atoms with Crippen molar-refractivity contribution in [2.75, 3.05) is 32.6 Å². The molecule has 1 heterocycles. The van der Waals surface area contributed by atoms with Gasteiger partial charge in [0.05, 0.1) is 0 Å². The van der Waals surface area contributed by atoms with Crippen molar-refractivity contribution in [3.8, 4) is 0 Å². The zero-order valence-electron chi connectivity index (χ0n) is 7.30. The SMILES string of the molecule is CN1CCCC([SH](C)C)C1. The van der Waals surface area contributed by atoms with Gasteiger partial charge in [0.2, 0.25) is 0 Å². The highest BCUT2D eigenvalue weighted by Gasteiger charge is 2.17. The first-order valence-electron chi connectivity index (χ1n) is 4.05. The molecule has 1 atom stereocenters. The molecular formula is C8H19NS. The van der Waals surface area contributed by atoms with Crippen LogP contribution >= 0.6 is 10.9 Å². The van der Waals surface area contributed by atoms with Gasteiger partial charge < -0.3 is 4.90 Å². The Morgan fingerprint density at radius 3 is 2.50 bits per heavy atom. The predicted octanol–water partition coefficient (Wildman–Crippen LogP) is 1.34. The molecule has 1 fully saturated rings. The first-order chi connectivity index (χ1) is 4.70. The van der Waals surface area contributed by atoms with Gasteiger partial charge in [0.15, 0.2) is 0 Å². The number of nitrogens with zero attached hydrogens (tertiary/aromatic N) is 1. The molecular weight excluding hydrogens is 142 g/mol. The highest BCUT2D eigenvalue weighted by Crippen LogP contribution is 2.29. The molecule has 1 aliphatic heterocycles. The number of rotatable bonds is 1. The zero-order chi connectivity index (χ0) is 7.56. The Hall–Kier alpha value is 0.310. The van der Waals surface area contributed by atoms with E-state index in [4.69, 9.17) is 0 Å². The molecule has 0 bridgehead atoms. The number of piperidine rings is 1. The minimum Gasteiger partial charge on any atom is -0.305 e. The number of thiol groups is 1. The van der Waals surface area contributed by atoms with Gasteiger partial charge in [0.1, 0.15) is 0 Å². The fourth-order valence-corrected chi connectivity index (χ4v) is 2.87. The van der Waals surface area contributed by atoms with E-state index >= 15 is 0 Å². The van der Waals surface area contributed by atoms with E-state index < -0.39 is 0 Å². The summed E-state index contributed by atoms with van der Waals surface area (Å²) in [6.45, 7) is 2.67. The lowest BCUT2D eigenvalue weighted by atomic mass is 10.1. The summed E-state index contributed by atoms with van der Waals surface area (Å²) in [5.74, 6) is 0. The van der Waals surface area contributed by atoms with Gasteiger partial charge in [-0.1, -0.05) is 0 Å². The molecule has 1 rings (SSSR count). The van der Waals surface area contributed by atoms with Crippen LogP contribution in [-0.2, 0) is 0 Å². The molecule has 0 aromatic rings. The lowest BCUT2D eigenvalue weighted by Gasteiger charge is -2.33. The monoisotopic (exact) mass is 161 g/mol. The summed E-state index contributed by atoms with van der Waals surface area (Å²) in [4.78, 5) is 2.47. The maximum Gasteiger partial charge on any atom is 0.00809 e. The highest BCUT2D eigenvalue weighted by molar-refractivity contribution is 8.16. The van der Waals surface area contributed by atoms with E-state index in [0.717, 1.165) is 5.25 Å². The number of hydrogen-bond donors (Lipinski definition) is 1. The molecule has 1 aliphatic rings. The molecule has 1 unspecified atom stereocenters. The molecule has 1 saturated heterocycles. The quantitative estimate of drug-likeness (QED) is 0.568. The molecule has 0 radical (unpaired) electrons. The Balaban J connectivity index is 2.32. The smallest absolute Gasteiger partial charge is 0.00809 e. The third kappa shape index (κ3) is 2.17. The molecule has 0 aliphatic carbocycles. The summed E-state index contributed by atoms with van der Waals surface area (Å²) < 4.78 is 0. The molecule has 0 aromatic carbocycles. The van der Waals surface area contributed by atoms with E-state index in [9.17, 15) is 0 Å². The molecule has 1 nitrogen and oxygen atoms in total. The van der Waals surface area contributed by atoms with Crippen LogP contribution < -0.4 is 0 Å². The Morgan fingerprint density at radius 2 is 2.10 bits per heavy atom. The molecule has 0 aromatic heterocycles. The van der Waals surface area contributed by atoms with E-state index in [0.29, 0.717) is 10.9 Å². The van der Waals surface area contributed by atoms with Gasteiger partial charge in [-0.3, -0.25) is 10.9 Å². The third-order valence-electron chi connectivity index (χ3n) is 2.33. The Kier molecular flexibility index (Phi) is 3.05. The lowest BCUT2D eigenvalue weighted by Crippen LogP contribution is -2.34. The van der Waals surface area contributed by atoms with E-state index in [-0.39, 0.29) is 0 Å². The molecule has 0 N–H and O–H groups in total. The van der Waals surface area contributed by atoms with Crippen molar-refractivity contribution in [3.63, 3.8) is 0 Å². The molecule has 2 heteroatoms. The van der Waals surface area contributed by atoms with Crippen molar-refractivity contribution < 1.29 is 0 Å². The molecule has 62 valence electrons. The first-order valence-corrected chi connectivity index (χ1v) is 6.35. The summed E-state index contributed by atoms with van der Waals surface area (Å²) in [5.41, 5.74) is 0. The van der Waals surface area contributed by atoms with Gasteiger partial charge in [-0.05, 0) is 44.2 Å². The minimum absolute atomic E-state index is 0.313. The van der Waals surface area contributed by atoms with Gasteiger partial charge in [-0.25, -0.2) is 0 Å². The molecule has 0 amide bonds. The lowest BCUT2D eigenvalue weighted by molar-refractivity contribution is 0.283. The minimum atomic E-state index is 0.313. The molecule has 0 saturated carbocycles. The van der Waals surface area contributed by atoms with Gasteiger partial charge in [0.25, 0.3) is 0 Å². The van der Waals surface area contributed by atoms with Crippen molar-refractivity contribution in [1.29, 1.82) is 0 Å². The Morgan fingerprint density at radius 1 is 1.40 bits per heavy atom. The zero-order valence-corrected chi connectivity index (χ0v) is 8.19. The summed E-state index contributed by atoms with van der Waals surface area (Å²) in [7, 11) is 2.55. The van der Waals surface area contributed by atoms with Crippen LogP contribution in [0, 0.1) is 0 Å². The maximum atomic E-state index is 2.47. The van der Waals surface area contributed by atoms with E-state index in [1.165, 1.54) is 25.9 Å². The van der Waals surface area contributed by atoms with Crippen molar-refractivity contribution in [3.05, 3.63) is 0 Å². The van der Waals surface area contributed by atoms with Gasteiger partial charge in [0, 0.05) is 6.54 Å². The third-order valence-corrected chi connectivity index (χ3v) is 4.21. The summed E-state index contributed by atoms with van der Waals surface area (Å²) >= 11 is 0. The number of hydrogen-bond acceptors (Lipinski definition) is 1. The van der Waals surface area contributed by atoms with E-state index in [2.05, 4.69) is 24.5 Å². The van der Waals surface area contributed by atoms with Crippen molar-refractivity contribution in [1.82, 2.24) is 4.90 Å². The summed E-state index contributed by atoms with van der Waals surface area (Å²) in [6, 6.07) is 0. The van der Waals surface area contributed by atoms with Crippen LogP contribution in [0.2, 0.25) is 0 Å². The van der Waals surface area contributed by atoms with Crippen LogP contribution in [0.5, 0.6) is 0 Å². The topological polar surface area (TPSA) is 3.24 Å². The highest BCUT2D eigenvalue weighted by atomic mass is 32.2. The van der Waals surface area contributed by atoms with Gasteiger partial charge in [-0.15, -0.1) is 0 Å². The van der Waals surface area contributed by atoms with Crippen molar-refractivity contribution in [2.45, 2.75) is 18.1 Å². The van der Waals surface area contributed by atoms with E-state index in [1.54, 1.807) is 0 Å². The van der Waals surface area contributed by atoms with Gasteiger partial charge >= 0.3 is 0 Å². The number of likely N-dealkylation sites (tertiary alicyclic amines) is 1. The standard InChI is InChI=1S/C8H19NS/c1-9-6-4-5-8(7-9)10(2)3/h8,10H,4-7H2,1-3H3. The van der Waals surface area contributed by atoms with Crippen LogP contribution in [-0.4, -0.2) is 42.8 Å². The van der Waals surface area contributed by atoms with Crippen molar-refractivity contribution in [2.24, 2.45) is 0 Å².